The van der Waals surface area contributed by atoms with Crippen molar-refractivity contribution in [3.63, 3.8) is 0 Å². The number of nitrogens with zero attached hydrogens (tertiary/aromatic N) is 1. The van der Waals surface area contributed by atoms with E-state index < -0.39 is 22.0 Å². The minimum Gasteiger partial charge on any atom is -0.368 e. The van der Waals surface area contributed by atoms with Crippen LogP contribution in [-0.2, 0) is 14.8 Å². The van der Waals surface area contributed by atoms with Gasteiger partial charge in [-0.05, 0) is 28.1 Å². The van der Waals surface area contributed by atoms with Gasteiger partial charge in [-0.1, -0.05) is 0 Å². The fourth-order valence-electron chi connectivity index (χ4n) is 1.77. The number of thiophene rings is 1. The molecule has 0 aromatic carbocycles. The molecule has 100 valence electrons. The number of rotatable bonds is 3. The average molecular weight is 354 g/mol. The molecule has 6 nitrogen and oxygen atoms in total. The van der Waals surface area contributed by atoms with E-state index in [9.17, 15) is 13.2 Å². The summed E-state index contributed by atoms with van der Waals surface area (Å²) in [7, 11) is -3.65. The number of carbonyl (C=O) groups excluding carboxylic acids is 1. The molecule has 0 radical (unpaired) electrons. The zero-order valence-corrected chi connectivity index (χ0v) is 12.5. The second-order valence-electron chi connectivity index (χ2n) is 3.80. The maximum Gasteiger partial charge on any atom is 0.253 e. The summed E-state index contributed by atoms with van der Waals surface area (Å²) in [5, 5.41) is 2.96. The van der Waals surface area contributed by atoms with Crippen LogP contribution in [0.2, 0.25) is 0 Å². The fraction of sp³-hybridized carbons (Fsp3) is 0.444. The first-order valence-corrected chi connectivity index (χ1v) is 8.25. The van der Waals surface area contributed by atoms with Crippen LogP contribution in [0.5, 0.6) is 0 Å². The van der Waals surface area contributed by atoms with Gasteiger partial charge in [-0.25, -0.2) is 8.42 Å². The van der Waals surface area contributed by atoms with Gasteiger partial charge in [0.2, 0.25) is 5.91 Å². The molecule has 3 N–H and O–H groups in total. The van der Waals surface area contributed by atoms with Gasteiger partial charge in [-0.2, -0.15) is 4.31 Å². The smallest absolute Gasteiger partial charge is 0.253 e. The van der Waals surface area contributed by atoms with Crippen LogP contribution in [0.3, 0.4) is 0 Å². The molecule has 1 aliphatic rings. The monoisotopic (exact) mass is 353 g/mol. The second-order valence-corrected chi connectivity index (χ2v) is 8.38. The van der Waals surface area contributed by atoms with Gasteiger partial charge in [0, 0.05) is 19.6 Å². The highest BCUT2D eigenvalue weighted by atomic mass is 79.9. The Labute approximate surface area is 117 Å². The molecule has 0 spiro atoms. The average Bonchev–Trinajstić information content (AvgIpc) is 2.76. The molecule has 1 atom stereocenters. The molecule has 1 amide bonds. The van der Waals surface area contributed by atoms with Gasteiger partial charge in [0.1, 0.15) is 10.3 Å². The minimum atomic E-state index is -3.65. The van der Waals surface area contributed by atoms with Crippen molar-refractivity contribution in [2.45, 2.75) is 10.3 Å². The Hall–Kier alpha value is -0.480. The van der Waals surface area contributed by atoms with Crippen molar-refractivity contribution >= 4 is 43.2 Å². The van der Waals surface area contributed by atoms with Crippen molar-refractivity contribution in [2.24, 2.45) is 5.73 Å². The maximum atomic E-state index is 12.4. The van der Waals surface area contributed by atoms with E-state index in [1.165, 1.54) is 10.4 Å². The summed E-state index contributed by atoms with van der Waals surface area (Å²) in [5.74, 6) is -0.638. The number of hydrogen-bond donors (Lipinski definition) is 2. The highest BCUT2D eigenvalue weighted by Crippen LogP contribution is 2.29. The van der Waals surface area contributed by atoms with Crippen molar-refractivity contribution in [1.29, 1.82) is 0 Å². The molecule has 9 heteroatoms. The Morgan fingerprint density at radius 3 is 2.83 bits per heavy atom. The Morgan fingerprint density at radius 2 is 2.28 bits per heavy atom. The standard InChI is InChI=1S/C9H12BrN3O3S2/c10-7-1-2-8(17-7)18(15,16)13-4-3-12-5-6(13)9(11)14/h1-2,6,12H,3-5H2,(H2,11,14). The molecule has 0 saturated carbocycles. The van der Waals surface area contributed by atoms with Gasteiger partial charge in [0.25, 0.3) is 10.0 Å². The Kier molecular flexibility index (Phi) is 4.07. The highest BCUT2D eigenvalue weighted by molar-refractivity contribution is 9.11. The normalized spacial score (nSPS) is 21.9. The molecule has 18 heavy (non-hydrogen) atoms. The van der Waals surface area contributed by atoms with E-state index in [0.29, 0.717) is 6.54 Å². The number of piperazine rings is 1. The number of sulfonamides is 1. The lowest BCUT2D eigenvalue weighted by atomic mass is 10.2. The molecule has 1 aromatic rings. The topological polar surface area (TPSA) is 92.5 Å². The van der Waals surface area contributed by atoms with Crippen molar-refractivity contribution < 1.29 is 13.2 Å². The van der Waals surface area contributed by atoms with Crippen LogP contribution in [-0.4, -0.2) is 44.3 Å². The van der Waals surface area contributed by atoms with Crippen LogP contribution < -0.4 is 11.1 Å². The first-order chi connectivity index (χ1) is 8.43. The van der Waals surface area contributed by atoms with Gasteiger partial charge in [0.05, 0.1) is 3.79 Å². The van der Waals surface area contributed by atoms with Crippen molar-refractivity contribution in [3.8, 4) is 0 Å². The number of hydrogen-bond acceptors (Lipinski definition) is 5. The zero-order valence-electron chi connectivity index (χ0n) is 9.30. The van der Waals surface area contributed by atoms with Crippen molar-refractivity contribution in [3.05, 3.63) is 15.9 Å². The Bertz CT molecular complexity index is 557. The molecule has 1 aromatic heterocycles. The molecular weight excluding hydrogens is 342 g/mol. The molecule has 1 aliphatic heterocycles. The number of nitrogens with two attached hydrogens (primary N) is 1. The third-order valence-corrected chi connectivity index (χ3v) is 6.63. The first-order valence-electron chi connectivity index (χ1n) is 5.20. The Balaban J connectivity index is 2.36. The van der Waals surface area contributed by atoms with E-state index in [2.05, 4.69) is 21.2 Å². The molecule has 1 unspecified atom stereocenters. The summed E-state index contributed by atoms with van der Waals surface area (Å²) in [6.45, 7) is 1.00. The lowest BCUT2D eigenvalue weighted by Gasteiger charge is -2.32. The van der Waals surface area contributed by atoms with Crippen LogP contribution in [0, 0.1) is 0 Å². The molecule has 2 rings (SSSR count). The van der Waals surface area contributed by atoms with Gasteiger partial charge in [0.15, 0.2) is 0 Å². The lowest BCUT2D eigenvalue weighted by Crippen LogP contribution is -2.58. The third-order valence-electron chi connectivity index (χ3n) is 2.63. The molecule has 1 fully saturated rings. The lowest BCUT2D eigenvalue weighted by molar-refractivity contribution is -0.122. The molecule has 2 heterocycles. The van der Waals surface area contributed by atoms with Crippen molar-refractivity contribution in [2.75, 3.05) is 19.6 Å². The van der Waals surface area contributed by atoms with Crippen LogP contribution in [0.1, 0.15) is 0 Å². The van der Waals surface area contributed by atoms with Crippen LogP contribution >= 0.6 is 27.3 Å². The van der Waals surface area contributed by atoms with E-state index in [1.807, 2.05) is 0 Å². The van der Waals surface area contributed by atoms with Gasteiger partial charge in [-0.3, -0.25) is 4.79 Å². The summed E-state index contributed by atoms with van der Waals surface area (Å²) in [4.78, 5) is 11.3. The van der Waals surface area contributed by atoms with Gasteiger partial charge < -0.3 is 11.1 Å². The predicted octanol–water partition coefficient (Wildman–Crippen LogP) is -0.0416. The van der Waals surface area contributed by atoms with Gasteiger partial charge >= 0.3 is 0 Å². The molecular formula is C9H12BrN3O3S2. The van der Waals surface area contributed by atoms with E-state index in [-0.39, 0.29) is 17.3 Å². The summed E-state index contributed by atoms with van der Waals surface area (Å²) >= 11 is 4.34. The largest absolute Gasteiger partial charge is 0.368 e. The molecule has 0 bridgehead atoms. The Morgan fingerprint density at radius 1 is 1.56 bits per heavy atom. The fourth-order valence-corrected chi connectivity index (χ4v) is 5.50. The van der Waals surface area contributed by atoms with E-state index in [1.54, 1.807) is 6.07 Å². The van der Waals surface area contributed by atoms with E-state index in [4.69, 9.17) is 5.73 Å². The summed E-state index contributed by atoms with van der Waals surface area (Å²) in [5.41, 5.74) is 5.25. The summed E-state index contributed by atoms with van der Waals surface area (Å²) < 4.78 is 26.9. The van der Waals surface area contributed by atoms with E-state index in [0.717, 1.165) is 15.1 Å². The minimum absolute atomic E-state index is 0.211. The zero-order chi connectivity index (χ0) is 13.3. The maximum absolute atomic E-state index is 12.4. The van der Waals surface area contributed by atoms with Crippen LogP contribution in [0.15, 0.2) is 20.1 Å². The van der Waals surface area contributed by atoms with Crippen LogP contribution in [0.25, 0.3) is 0 Å². The number of carbonyl (C=O) groups is 1. The molecule has 1 saturated heterocycles. The SMILES string of the molecule is NC(=O)C1CNCCN1S(=O)(=O)c1ccc(Br)s1. The summed E-state index contributed by atoms with van der Waals surface area (Å²) in [6.07, 6.45) is 0. The number of primary amides is 1. The first kappa shape index (κ1) is 13.9. The highest BCUT2D eigenvalue weighted by Gasteiger charge is 2.37. The quantitative estimate of drug-likeness (QED) is 0.797. The summed E-state index contributed by atoms with van der Waals surface area (Å²) in [6, 6.07) is 2.35. The second kappa shape index (κ2) is 5.25. The number of amides is 1. The third kappa shape index (κ3) is 2.59. The van der Waals surface area contributed by atoms with E-state index >= 15 is 0 Å². The molecule has 0 aliphatic carbocycles. The van der Waals surface area contributed by atoms with Crippen molar-refractivity contribution in [1.82, 2.24) is 9.62 Å². The van der Waals surface area contributed by atoms with Gasteiger partial charge in [-0.15, -0.1) is 11.3 Å². The number of nitrogens with one attached hydrogen (secondary N) is 1. The predicted molar refractivity (Wildman–Crippen MR) is 71.8 cm³/mol. The number of halogens is 1. The van der Waals surface area contributed by atoms with Crippen LogP contribution in [0.4, 0.5) is 0 Å².